The molecule has 0 atom stereocenters. The van der Waals surface area contributed by atoms with Crippen LogP contribution in [0, 0.1) is 0 Å². The predicted molar refractivity (Wildman–Crippen MR) is 97.2 cm³/mol. The van der Waals surface area contributed by atoms with Crippen molar-refractivity contribution in [2.24, 2.45) is 0 Å². The maximum atomic E-state index is 12.3. The molecular weight excluding hydrogens is 370 g/mol. The number of thiazole rings is 1. The average Bonchev–Trinajstić information content (AvgIpc) is 3.41. The second-order valence-corrected chi connectivity index (χ2v) is 6.53. The van der Waals surface area contributed by atoms with E-state index in [2.05, 4.69) is 15.3 Å². The van der Waals surface area contributed by atoms with Gasteiger partial charge in [-0.25, -0.2) is 9.78 Å². The number of carbonyl (C=O) groups excluding carboxylic acids is 2. The summed E-state index contributed by atoms with van der Waals surface area (Å²) in [4.78, 5) is 32.2. The maximum Gasteiger partial charge on any atom is 0.360 e. The summed E-state index contributed by atoms with van der Waals surface area (Å²) in [6.45, 7) is 2.60. The van der Waals surface area contributed by atoms with E-state index in [1.807, 2.05) is 18.2 Å². The number of carbonyl (C=O) groups is 2. The molecule has 0 bridgehead atoms. The van der Waals surface area contributed by atoms with Crippen LogP contribution in [-0.4, -0.2) is 35.1 Å². The fourth-order valence-electron chi connectivity index (χ4n) is 2.62. The van der Waals surface area contributed by atoms with Crippen LogP contribution in [0.2, 0.25) is 0 Å². The Bertz CT molecular complexity index is 1010. The number of oxazole rings is 1. The Hall–Kier alpha value is -3.20. The lowest BCUT2D eigenvalue weighted by molar-refractivity contribution is 0.0519. The van der Waals surface area contributed by atoms with Gasteiger partial charge >= 0.3 is 12.0 Å². The first kappa shape index (κ1) is 17.2. The number of nitrogens with zero attached hydrogens (tertiary/aromatic N) is 2. The molecule has 1 aliphatic heterocycles. The van der Waals surface area contributed by atoms with E-state index in [-0.39, 0.29) is 24.0 Å². The number of amides is 1. The van der Waals surface area contributed by atoms with Crippen molar-refractivity contribution in [2.75, 3.05) is 18.5 Å². The normalized spacial score (nSPS) is 12.3. The number of ether oxygens (including phenoxy) is 2. The summed E-state index contributed by atoms with van der Waals surface area (Å²) in [5.74, 6) is -0.188. The Balaban J connectivity index is 1.47. The molecular formula is C18H15N3O5S. The van der Waals surface area contributed by atoms with Crippen molar-refractivity contribution in [3.05, 3.63) is 46.8 Å². The lowest BCUT2D eigenvalue weighted by Gasteiger charge is -2.01. The van der Waals surface area contributed by atoms with Gasteiger partial charge in [-0.2, -0.15) is 4.98 Å². The van der Waals surface area contributed by atoms with Gasteiger partial charge in [0.05, 0.1) is 13.2 Å². The summed E-state index contributed by atoms with van der Waals surface area (Å²) < 4.78 is 15.4. The van der Waals surface area contributed by atoms with E-state index in [0.717, 1.165) is 34.6 Å². The largest absolute Gasteiger partial charge is 0.493 e. The highest BCUT2D eigenvalue weighted by molar-refractivity contribution is 7.13. The highest BCUT2D eigenvalue weighted by Crippen LogP contribution is 2.32. The minimum absolute atomic E-state index is 0.00789. The van der Waals surface area contributed by atoms with Crippen LogP contribution in [0.3, 0.4) is 0 Å². The van der Waals surface area contributed by atoms with Crippen LogP contribution in [0.1, 0.15) is 33.5 Å². The molecule has 0 unspecified atom stereocenters. The van der Waals surface area contributed by atoms with Gasteiger partial charge in [0, 0.05) is 17.4 Å². The molecule has 0 saturated carbocycles. The zero-order valence-electron chi connectivity index (χ0n) is 14.4. The minimum Gasteiger partial charge on any atom is -0.493 e. The van der Waals surface area contributed by atoms with Crippen LogP contribution in [0.25, 0.3) is 10.6 Å². The molecule has 0 fully saturated rings. The van der Waals surface area contributed by atoms with Crippen molar-refractivity contribution < 1.29 is 23.5 Å². The summed E-state index contributed by atoms with van der Waals surface area (Å²) >= 11 is 1.37. The number of rotatable bonds is 5. The van der Waals surface area contributed by atoms with Crippen molar-refractivity contribution in [1.29, 1.82) is 0 Å². The first-order chi connectivity index (χ1) is 13.1. The predicted octanol–water partition coefficient (Wildman–Crippen LogP) is 3.16. The third-order valence-corrected chi connectivity index (χ3v) is 4.77. The maximum absolute atomic E-state index is 12.3. The summed E-state index contributed by atoms with van der Waals surface area (Å²) in [6.07, 6.45) is 2.00. The van der Waals surface area contributed by atoms with E-state index in [4.69, 9.17) is 13.9 Å². The molecule has 0 spiro atoms. The third kappa shape index (κ3) is 3.54. The Labute approximate surface area is 158 Å². The molecule has 0 radical (unpaired) electrons. The summed E-state index contributed by atoms with van der Waals surface area (Å²) in [7, 11) is 0. The Morgan fingerprint density at radius 3 is 3.04 bits per heavy atom. The van der Waals surface area contributed by atoms with Crippen molar-refractivity contribution in [3.63, 3.8) is 0 Å². The molecule has 4 rings (SSSR count). The number of hydrogen-bond donors (Lipinski definition) is 1. The van der Waals surface area contributed by atoms with Crippen LogP contribution in [0.15, 0.2) is 34.3 Å². The fraction of sp³-hybridized carbons (Fsp3) is 0.222. The highest BCUT2D eigenvalue weighted by atomic mass is 32.1. The molecule has 9 heteroatoms. The van der Waals surface area contributed by atoms with Gasteiger partial charge in [-0.3, -0.25) is 10.1 Å². The number of esters is 1. The van der Waals surface area contributed by atoms with Gasteiger partial charge in [0.25, 0.3) is 5.91 Å². The Kier molecular flexibility index (Phi) is 4.59. The van der Waals surface area contributed by atoms with Gasteiger partial charge in [0.15, 0.2) is 5.69 Å². The van der Waals surface area contributed by atoms with E-state index < -0.39 is 11.9 Å². The average molecular weight is 385 g/mol. The van der Waals surface area contributed by atoms with Gasteiger partial charge in [-0.05, 0) is 30.7 Å². The zero-order valence-corrected chi connectivity index (χ0v) is 15.2. The van der Waals surface area contributed by atoms with Gasteiger partial charge < -0.3 is 13.9 Å². The van der Waals surface area contributed by atoms with Gasteiger partial charge in [-0.15, -0.1) is 11.3 Å². The Morgan fingerprint density at radius 2 is 2.19 bits per heavy atom. The number of hydrogen-bond acceptors (Lipinski definition) is 8. The van der Waals surface area contributed by atoms with Crippen molar-refractivity contribution >= 4 is 29.2 Å². The van der Waals surface area contributed by atoms with Crippen molar-refractivity contribution in [2.45, 2.75) is 13.3 Å². The molecule has 3 heterocycles. The van der Waals surface area contributed by atoms with E-state index in [9.17, 15) is 9.59 Å². The molecule has 3 aromatic rings. The van der Waals surface area contributed by atoms with Crippen LogP contribution in [0.5, 0.6) is 5.75 Å². The summed E-state index contributed by atoms with van der Waals surface area (Å²) in [5, 5.41) is 4.87. The number of benzene rings is 1. The third-order valence-electron chi connectivity index (χ3n) is 3.88. The minimum atomic E-state index is -0.613. The van der Waals surface area contributed by atoms with Crippen LogP contribution in [-0.2, 0) is 11.2 Å². The second-order valence-electron chi connectivity index (χ2n) is 5.67. The standard InChI is InChI=1S/C18H15N3O5S/c1-2-24-17(23)12-8-26-18(20-12)21-15(22)13-9-27-16(19-13)11-3-4-14-10(7-11)5-6-25-14/h3-4,7-9H,2,5-6H2,1H3,(H,20,21,22). The van der Waals surface area contributed by atoms with E-state index in [1.54, 1.807) is 12.3 Å². The number of aromatic nitrogens is 2. The molecule has 1 aromatic carbocycles. The first-order valence-corrected chi connectivity index (χ1v) is 9.17. The molecule has 2 aromatic heterocycles. The molecule has 0 aliphatic carbocycles. The topological polar surface area (TPSA) is 104 Å². The number of nitrogens with one attached hydrogen (secondary N) is 1. The van der Waals surface area contributed by atoms with E-state index >= 15 is 0 Å². The molecule has 8 nitrogen and oxygen atoms in total. The zero-order chi connectivity index (χ0) is 18.8. The van der Waals surface area contributed by atoms with E-state index in [0.29, 0.717) is 6.61 Å². The molecule has 0 saturated heterocycles. The van der Waals surface area contributed by atoms with Crippen LogP contribution in [0.4, 0.5) is 6.01 Å². The lowest BCUT2D eigenvalue weighted by atomic mass is 10.1. The second kappa shape index (κ2) is 7.20. The smallest absolute Gasteiger partial charge is 0.360 e. The van der Waals surface area contributed by atoms with Gasteiger partial charge in [0.2, 0.25) is 0 Å². The van der Waals surface area contributed by atoms with Crippen LogP contribution < -0.4 is 10.1 Å². The molecule has 1 N–H and O–H groups in total. The number of fused-ring (bicyclic) bond motifs is 1. The monoisotopic (exact) mass is 385 g/mol. The molecule has 138 valence electrons. The number of anilines is 1. The van der Waals surface area contributed by atoms with Gasteiger partial charge in [-0.1, -0.05) is 0 Å². The summed E-state index contributed by atoms with van der Waals surface area (Å²) in [5.41, 5.74) is 2.30. The van der Waals surface area contributed by atoms with Crippen molar-refractivity contribution in [1.82, 2.24) is 9.97 Å². The van der Waals surface area contributed by atoms with Crippen LogP contribution >= 0.6 is 11.3 Å². The van der Waals surface area contributed by atoms with Gasteiger partial charge in [0.1, 0.15) is 22.7 Å². The SMILES string of the molecule is CCOC(=O)c1coc(NC(=O)c2csc(-c3ccc4c(c3)CCO4)n2)n1. The quantitative estimate of drug-likeness (QED) is 0.673. The molecule has 1 aliphatic rings. The molecule has 1 amide bonds. The van der Waals surface area contributed by atoms with E-state index in [1.165, 1.54) is 11.3 Å². The summed E-state index contributed by atoms with van der Waals surface area (Å²) in [6, 6.07) is 5.78. The Morgan fingerprint density at radius 1 is 1.30 bits per heavy atom. The van der Waals surface area contributed by atoms with Crippen molar-refractivity contribution in [3.8, 4) is 16.3 Å². The fourth-order valence-corrected chi connectivity index (χ4v) is 3.42. The first-order valence-electron chi connectivity index (χ1n) is 8.29. The highest BCUT2D eigenvalue weighted by Gasteiger charge is 2.19. The lowest BCUT2D eigenvalue weighted by Crippen LogP contribution is -2.13. The molecule has 27 heavy (non-hydrogen) atoms.